The number of allylic oxidation sites excluding steroid dienone is 1. The molecule has 0 bridgehead atoms. The Morgan fingerprint density at radius 2 is 2.08 bits per heavy atom. The van der Waals surface area contributed by atoms with Crippen molar-refractivity contribution in [2.45, 2.75) is 58.0 Å². The van der Waals surface area contributed by atoms with Crippen LogP contribution in [0.2, 0.25) is 0 Å². The third kappa shape index (κ3) is 2.18. The normalized spacial score (nSPS) is 45.2. The van der Waals surface area contributed by atoms with Crippen LogP contribution >= 0.6 is 0 Å². The van der Waals surface area contributed by atoms with Crippen LogP contribution in [-0.2, 0) is 23.8 Å². The van der Waals surface area contributed by atoms with Gasteiger partial charge in [-0.3, -0.25) is 0 Å². The fourth-order valence-electron chi connectivity index (χ4n) is 4.95. The minimum atomic E-state index is -0.357. The number of epoxide rings is 1. The lowest BCUT2D eigenvalue weighted by molar-refractivity contribution is -0.168. The van der Waals surface area contributed by atoms with Crippen LogP contribution in [0.4, 0.5) is 0 Å². The lowest BCUT2D eigenvalue weighted by Gasteiger charge is -2.51. The number of carbonyl (C=O) groups excluding carboxylic acids is 2. The molecular formula is C20H24O5. The van der Waals surface area contributed by atoms with Crippen LogP contribution < -0.4 is 0 Å². The number of hydrogen-bond donors (Lipinski definition) is 0. The van der Waals surface area contributed by atoms with Gasteiger partial charge in [-0.1, -0.05) is 26.2 Å². The van der Waals surface area contributed by atoms with Crippen LogP contribution in [0.25, 0.3) is 0 Å². The van der Waals surface area contributed by atoms with Crippen molar-refractivity contribution in [3.05, 3.63) is 36.0 Å². The van der Waals surface area contributed by atoms with Gasteiger partial charge in [-0.25, -0.2) is 9.59 Å². The van der Waals surface area contributed by atoms with Crippen molar-refractivity contribution in [1.82, 2.24) is 0 Å². The topological polar surface area (TPSA) is 65.1 Å². The van der Waals surface area contributed by atoms with Crippen molar-refractivity contribution in [3.63, 3.8) is 0 Å². The molecule has 4 aliphatic rings. The summed E-state index contributed by atoms with van der Waals surface area (Å²) in [7, 11) is 0. The van der Waals surface area contributed by atoms with E-state index in [9.17, 15) is 9.59 Å². The Bertz CT molecular complexity index is 720. The quantitative estimate of drug-likeness (QED) is 0.333. The molecule has 2 saturated heterocycles. The monoisotopic (exact) mass is 344 g/mol. The molecular weight excluding hydrogens is 320 g/mol. The van der Waals surface area contributed by atoms with Gasteiger partial charge < -0.3 is 14.2 Å². The molecule has 0 amide bonds. The highest BCUT2D eigenvalue weighted by Gasteiger charge is 2.69. The summed E-state index contributed by atoms with van der Waals surface area (Å²) in [6.45, 7) is 13.8. The van der Waals surface area contributed by atoms with Gasteiger partial charge in [0, 0.05) is 28.4 Å². The average molecular weight is 344 g/mol. The summed E-state index contributed by atoms with van der Waals surface area (Å²) in [5, 5.41) is 0. The summed E-state index contributed by atoms with van der Waals surface area (Å²) in [5.74, 6) is -0.693. The molecule has 0 aromatic carbocycles. The maximum absolute atomic E-state index is 12.4. The van der Waals surface area contributed by atoms with Crippen LogP contribution in [0, 0.1) is 17.3 Å². The number of rotatable bonds is 2. The summed E-state index contributed by atoms with van der Waals surface area (Å²) >= 11 is 0. The molecule has 7 atom stereocenters. The fraction of sp³-hybridized carbons (Fsp3) is 0.600. The molecule has 0 radical (unpaired) electrons. The minimum Gasteiger partial charge on any atom is -0.458 e. The average Bonchev–Trinajstić information content (AvgIpc) is 3.32. The van der Waals surface area contributed by atoms with Crippen LogP contribution in [0.5, 0.6) is 0 Å². The van der Waals surface area contributed by atoms with Crippen LogP contribution in [0.15, 0.2) is 36.0 Å². The first kappa shape index (κ1) is 16.6. The largest absolute Gasteiger partial charge is 0.458 e. The maximum Gasteiger partial charge on any atom is 0.334 e. The highest BCUT2D eigenvalue weighted by molar-refractivity contribution is 5.91. The first-order valence-electron chi connectivity index (χ1n) is 8.87. The van der Waals surface area contributed by atoms with Crippen molar-refractivity contribution in [2.75, 3.05) is 0 Å². The predicted molar refractivity (Wildman–Crippen MR) is 90.5 cm³/mol. The first-order valence-corrected chi connectivity index (χ1v) is 8.87. The maximum atomic E-state index is 12.4. The SMILES string of the molecule is C=C1C(=O)OC2C1CCC1(C)C(OC(=O)C(C)=CC)C3OC3C(=C)C21. The van der Waals surface area contributed by atoms with Crippen molar-refractivity contribution >= 4 is 11.9 Å². The molecule has 5 nitrogen and oxygen atoms in total. The molecule has 134 valence electrons. The Labute approximate surface area is 147 Å². The summed E-state index contributed by atoms with van der Waals surface area (Å²) in [4.78, 5) is 24.4. The van der Waals surface area contributed by atoms with Gasteiger partial charge in [0.1, 0.15) is 24.4 Å². The zero-order chi connectivity index (χ0) is 18.1. The van der Waals surface area contributed by atoms with E-state index >= 15 is 0 Å². The van der Waals surface area contributed by atoms with Gasteiger partial charge in [0.15, 0.2) is 0 Å². The molecule has 5 heteroatoms. The summed E-state index contributed by atoms with van der Waals surface area (Å²) < 4.78 is 17.4. The van der Waals surface area contributed by atoms with Gasteiger partial charge in [-0.2, -0.15) is 0 Å². The van der Waals surface area contributed by atoms with Gasteiger partial charge in [-0.05, 0) is 32.3 Å². The van der Waals surface area contributed by atoms with E-state index in [0.717, 1.165) is 18.4 Å². The molecule has 0 aromatic heterocycles. The van der Waals surface area contributed by atoms with Crippen molar-refractivity contribution in [1.29, 1.82) is 0 Å². The van der Waals surface area contributed by atoms with Gasteiger partial charge >= 0.3 is 11.9 Å². The standard InChI is InChI=1S/C20H24O5/c1-6-9(2)18(21)25-17-16-14(23-16)11(4)13-15-12(7-8-20(13,17)5)10(3)19(22)24-15/h6,12-17H,3-4,7-8H2,1-2,5H3. The highest BCUT2D eigenvalue weighted by atomic mass is 16.6. The summed E-state index contributed by atoms with van der Waals surface area (Å²) in [5.41, 5.74) is 1.73. The van der Waals surface area contributed by atoms with E-state index in [1.165, 1.54) is 0 Å². The molecule has 7 unspecified atom stereocenters. The van der Waals surface area contributed by atoms with E-state index in [4.69, 9.17) is 14.2 Å². The number of hydrogen-bond acceptors (Lipinski definition) is 5. The van der Waals surface area contributed by atoms with Crippen LogP contribution in [-0.4, -0.2) is 36.4 Å². The van der Waals surface area contributed by atoms with Crippen molar-refractivity contribution in [3.8, 4) is 0 Å². The fourth-order valence-corrected chi connectivity index (χ4v) is 4.95. The van der Waals surface area contributed by atoms with Gasteiger partial charge in [-0.15, -0.1) is 0 Å². The number of esters is 2. The molecule has 2 heterocycles. The second-order valence-electron chi connectivity index (χ2n) is 7.92. The van der Waals surface area contributed by atoms with Gasteiger partial charge in [0.25, 0.3) is 0 Å². The summed E-state index contributed by atoms with van der Waals surface area (Å²) in [6.07, 6.45) is 2.46. The van der Waals surface area contributed by atoms with Crippen LogP contribution in [0.1, 0.15) is 33.6 Å². The van der Waals surface area contributed by atoms with Gasteiger partial charge in [0.05, 0.1) is 0 Å². The second kappa shape index (κ2) is 5.31. The number of fused-ring (bicyclic) bond motifs is 4. The molecule has 4 rings (SSSR count). The molecule has 2 saturated carbocycles. The molecule has 0 aromatic rings. The molecule has 0 spiro atoms. The van der Waals surface area contributed by atoms with Crippen molar-refractivity contribution < 1.29 is 23.8 Å². The molecule has 4 fully saturated rings. The Kier molecular flexibility index (Phi) is 3.52. The first-order chi connectivity index (χ1) is 11.8. The number of ether oxygens (including phenoxy) is 3. The van der Waals surface area contributed by atoms with E-state index in [1.54, 1.807) is 13.0 Å². The highest BCUT2D eigenvalue weighted by Crippen LogP contribution is 2.62. The Morgan fingerprint density at radius 3 is 2.76 bits per heavy atom. The molecule has 0 N–H and O–H groups in total. The minimum absolute atomic E-state index is 0.0197. The van der Waals surface area contributed by atoms with Crippen LogP contribution in [0.3, 0.4) is 0 Å². The van der Waals surface area contributed by atoms with Crippen molar-refractivity contribution in [2.24, 2.45) is 17.3 Å². The lowest BCUT2D eigenvalue weighted by atomic mass is 9.54. The third-order valence-electron chi connectivity index (χ3n) is 6.61. The van der Waals surface area contributed by atoms with E-state index in [1.807, 2.05) is 6.92 Å². The number of carbonyl (C=O) groups is 2. The smallest absolute Gasteiger partial charge is 0.334 e. The zero-order valence-electron chi connectivity index (χ0n) is 14.9. The second-order valence-corrected chi connectivity index (χ2v) is 7.92. The summed E-state index contributed by atoms with van der Waals surface area (Å²) in [6, 6.07) is 0. The van der Waals surface area contributed by atoms with Gasteiger partial charge in [0.2, 0.25) is 0 Å². The Morgan fingerprint density at radius 1 is 1.36 bits per heavy atom. The molecule has 25 heavy (non-hydrogen) atoms. The lowest BCUT2D eigenvalue weighted by Crippen LogP contribution is -2.57. The van der Waals surface area contributed by atoms with E-state index in [2.05, 4.69) is 20.1 Å². The van der Waals surface area contributed by atoms with E-state index < -0.39 is 0 Å². The Balaban J connectivity index is 1.68. The Hall–Kier alpha value is -1.88. The van der Waals surface area contributed by atoms with E-state index in [-0.39, 0.29) is 53.6 Å². The third-order valence-corrected chi connectivity index (χ3v) is 6.61. The molecule has 2 aliphatic heterocycles. The zero-order valence-corrected chi connectivity index (χ0v) is 14.9. The predicted octanol–water partition coefficient (Wildman–Crippen LogP) is 2.72. The van der Waals surface area contributed by atoms with E-state index in [0.29, 0.717) is 11.1 Å². The molecule has 2 aliphatic carbocycles.